The molecule has 1 aromatic rings. The first-order valence-corrected chi connectivity index (χ1v) is 5.53. The first-order chi connectivity index (χ1) is 7.58. The number of aryl methyl sites for hydroxylation is 2. The molecular weight excluding hydrogens is 196 g/mol. The van der Waals surface area contributed by atoms with Crippen molar-refractivity contribution in [2.75, 3.05) is 0 Å². The molecule has 0 saturated carbocycles. The Kier molecular flexibility index (Phi) is 4.24. The minimum atomic E-state index is -0.0106. The molecule has 0 spiro atoms. The molecule has 0 aromatic heterocycles. The van der Waals surface area contributed by atoms with Gasteiger partial charge in [0.05, 0.1) is 0 Å². The predicted octanol–water partition coefficient (Wildman–Crippen LogP) is 3.72. The van der Waals surface area contributed by atoms with Gasteiger partial charge in [0.1, 0.15) is 0 Å². The van der Waals surface area contributed by atoms with E-state index >= 15 is 0 Å². The normalized spacial score (nSPS) is 11.3. The van der Waals surface area contributed by atoms with E-state index in [-0.39, 0.29) is 5.78 Å². The maximum atomic E-state index is 11.4. The van der Waals surface area contributed by atoms with Gasteiger partial charge in [0, 0.05) is 0 Å². The van der Waals surface area contributed by atoms with E-state index in [0.717, 1.165) is 17.6 Å². The molecule has 0 bridgehead atoms. The summed E-state index contributed by atoms with van der Waals surface area (Å²) in [6.45, 7) is 9.49. The number of allylic oxidation sites excluding steroid dienone is 2. The topological polar surface area (TPSA) is 17.1 Å². The van der Waals surface area contributed by atoms with Gasteiger partial charge in [0.2, 0.25) is 0 Å². The summed E-state index contributed by atoms with van der Waals surface area (Å²) in [5, 5.41) is 0. The highest BCUT2D eigenvalue weighted by Crippen LogP contribution is 2.16. The maximum Gasteiger partial charge on any atom is 0.180 e. The molecule has 0 aliphatic rings. The Labute approximate surface area is 97.5 Å². The summed E-state index contributed by atoms with van der Waals surface area (Å²) in [4.78, 5) is 11.4. The molecule has 0 aliphatic carbocycles. The number of hydrogen-bond donors (Lipinski definition) is 0. The fourth-order valence-electron chi connectivity index (χ4n) is 1.64. The van der Waals surface area contributed by atoms with Crippen molar-refractivity contribution in [2.45, 2.75) is 27.2 Å². The van der Waals surface area contributed by atoms with Gasteiger partial charge in [0.25, 0.3) is 0 Å². The average Bonchev–Trinajstić information content (AvgIpc) is 2.28. The van der Waals surface area contributed by atoms with Crippen molar-refractivity contribution in [1.82, 2.24) is 0 Å². The third-order valence-corrected chi connectivity index (χ3v) is 2.63. The van der Waals surface area contributed by atoms with Gasteiger partial charge in [-0.1, -0.05) is 37.3 Å². The van der Waals surface area contributed by atoms with E-state index in [4.69, 9.17) is 0 Å². The lowest BCUT2D eigenvalue weighted by molar-refractivity contribution is -0.111. The van der Waals surface area contributed by atoms with Gasteiger partial charge in [-0.15, -0.1) is 0 Å². The first-order valence-electron chi connectivity index (χ1n) is 5.53. The van der Waals surface area contributed by atoms with Crippen LogP contribution in [0, 0.1) is 6.92 Å². The summed E-state index contributed by atoms with van der Waals surface area (Å²) in [6.07, 6.45) is 4.27. The molecular formula is C15H18O. The highest BCUT2D eigenvalue weighted by molar-refractivity contribution is 6.06. The molecule has 1 heteroatoms. The average molecular weight is 214 g/mol. The number of carbonyl (C=O) groups is 1. The molecule has 0 unspecified atom stereocenters. The largest absolute Gasteiger partial charge is 0.290 e. The highest BCUT2D eigenvalue weighted by Gasteiger charge is 2.02. The van der Waals surface area contributed by atoms with Crippen molar-refractivity contribution in [3.8, 4) is 0 Å². The van der Waals surface area contributed by atoms with E-state index in [0.29, 0.717) is 0 Å². The van der Waals surface area contributed by atoms with E-state index in [1.807, 2.05) is 13.0 Å². The van der Waals surface area contributed by atoms with Crippen LogP contribution in [0.3, 0.4) is 0 Å². The lowest BCUT2D eigenvalue weighted by Crippen LogP contribution is -1.95. The zero-order valence-corrected chi connectivity index (χ0v) is 10.2. The molecule has 1 nitrogen and oxygen atoms in total. The van der Waals surface area contributed by atoms with Gasteiger partial charge in [0.15, 0.2) is 5.78 Å². The van der Waals surface area contributed by atoms with E-state index in [9.17, 15) is 4.79 Å². The second-order valence-electron chi connectivity index (χ2n) is 3.95. The SMILES string of the molecule is C=CC(=O)/C(C)=C/c1cc(C)ccc1CC. The zero-order chi connectivity index (χ0) is 12.1. The van der Waals surface area contributed by atoms with Crippen molar-refractivity contribution in [3.63, 3.8) is 0 Å². The standard InChI is InChI=1S/C15H18O/c1-5-13-8-7-11(3)9-14(13)10-12(4)15(16)6-2/h6-10H,2,5H2,1,3-4H3/b12-10+. The number of ketones is 1. The number of rotatable bonds is 4. The number of hydrogen-bond acceptors (Lipinski definition) is 1. The number of carbonyl (C=O) groups excluding carboxylic acids is 1. The molecule has 0 radical (unpaired) electrons. The van der Waals surface area contributed by atoms with Crippen molar-refractivity contribution in [3.05, 3.63) is 53.1 Å². The molecule has 0 amide bonds. The van der Waals surface area contributed by atoms with Crippen LogP contribution in [-0.2, 0) is 11.2 Å². The van der Waals surface area contributed by atoms with Crippen molar-refractivity contribution >= 4 is 11.9 Å². The summed E-state index contributed by atoms with van der Waals surface area (Å²) in [7, 11) is 0. The lowest BCUT2D eigenvalue weighted by atomic mass is 9.99. The van der Waals surface area contributed by atoms with E-state index < -0.39 is 0 Å². The van der Waals surface area contributed by atoms with Gasteiger partial charge < -0.3 is 0 Å². The van der Waals surface area contributed by atoms with Crippen LogP contribution in [0.5, 0.6) is 0 Å². The number of benzene rings is 1. The van der Waals surface area contributed by atoms with E-state index in [1.54, 1.807) is 0 Å². The highest BCUT2D eigenvalue weighted by atomic mass is 16.1. The lowest BCUT2D eigenvalue weighted by Gasteiger charge is -2.05. The molecule has 0 saturated heterocycles. The van der Waals surface area contributed by atoms with Gasteiger partial charge in [-0.3, -0.25) is 4.79 Å². The minimum Gasteiger partial charge on any atom is -0.290 e. The Morgan fingerprint density at radius 1 is 1.44 bits per heavy atom. The van der Waals surface area contributed by atoms with Crippen molar-refractivity contribution in [1.29, 1.82) is 0 Å². The second kappa shape index (κ2) is 5.45. The smallest absolute Gasteiger partial charge is 0.180 e. The van der Waals surface area contributed by atoms with Crippen LogP contribution in [-0.4, -0.2) is 5.78 Å². The summed E-state index contributed by atoms with van der Waals surface area (Å²) in [5.41, 5.74) is 4.34. The van der Waals surface area contributed by atoms with Crippen LogP contribution in [0.2, 0.25) is 0 Å². The molecule has 0 N–H and O–H groups in total. The Morgan fingerprint density at radius 3 is 2.69 bits per heavy atom. The minimum absolute atomic E-state index is 0.0106. The van der Waals surface area contributed by atoms with Crippen LogP contribution in [0.15, 0.2) is 36.4 Å². The van der Waals surface area contributed by atoms with Crippen LogP contribution in [0.4, 0.5) is 0 Å². The summed E-state index contributed by atoms with van der Waals surface area (Å²) in [6, 6.07) is 6.33. The summed E-state index contributed by atoms with van der Waals surface area (Å²) in [5.74, 6) is -0.0106. The molecule has 0 heterocycles. The first kappa shape index (κ1) is 12.4. The van der Waals surface area contributed by atoms with Crippen LogP contribution < -0.4 is 0 Å². The molecule has 1 aromatic carbocycles. The summed E-state index contributed by atoms with van der Waals surface area (Å²) < 4.78 is 0. The fourth-order valence-corrected chi connectivity index (χ4v) is 1.64. The molecule has 84 valence electrons. The Morgan fingerprint density at radius 2 is 2.12 bits per heavy atom. The fraction of sp³-hybridized carbons (Fsp3) is 0.267. The van der Waals surface area contributed by atoms with Gasteiger partial charge in [-0.25, -0.2) is 0 Å². The van der Waals surface area contributed by atoms with Crippen molar-refractivity contribution < 1.29 is 4.79 Å². The van der Waals surface area contributed by atoms with E-state index in [2.05, 4.69) is 38.6 Å². The Bertz CT molecular complexity index is 439. The monoisotopic (exact) mass is 214 g/mol. The van der Waals surface area contributed by atoms with Crippen LogP contribution in [0.1, 0.15) is 30.5 Å². The van der Waals surface area contributed by atoms with Gasteiger partial charge in [-0.05, 0) is 49.1 Å². The molecule has 16 heavy (non-hydrogen) atoms. The molecule has 0 atom stereocenters. The zero-order valence-electron chi connectivity index (χ0n) is 10.2. The van der Waals surface area contributed by atoms with Crippen LogP contribution >= 0.6 is 0 Å². The maximum absolute atomic E-state index is 11.4. The quantitative estimate of drug-likeness (QED) is 0.698. The molecule has 0 aliphatic heterocycles. The third-order valence-electron chi connectivity index (χ3n) is 2.63. The summed E-state index contributed by atoms with van der Waals surface area (Å²) >= 11 is 0. The van der Waals surface area contributed by atoms with Gasteiger partial charge in [-0.2, -0.15) is 0 Å². The second-order valence-corrected chi connectivity index (χ2v) is 3.95. The Balaban J connectivity index is 3.17. The predicted molar refractivity (Wildman–Crippen MR) is 69.4 cm³/mol. The van der Waals surface area contributed by atoms with Crippen molar-refractivity contribution in [2.24, 2.45) is 0 Å². The Hall–Kier alpha value is -1.63. The molecule has 1 rings (SSSR count). The van der Waals surface area contributed by atoms with Crippen LogP contribution in [0.25, 0.3) is 6.08 Å². The van der Waals surface area contributed by atoms with Gasteiger partial charge >= 0.3 is 0 Å². The van der Waals surface area contributed by atoms with E-state index in [1.165, 1.54) is 17.2 Å². The third kappa shape index (κ3) is 2.93. The molecule has 0 fully saturated rings.